The molecular weight excluding hydrogens is 322 g/mol. The first-order valence-corrected chi connectivity index (χ1v) is 9.56. The zero-order chi connectivity index (χ0) is 16.6. The van der Waals surface area contributed by atoms with Gasteiger partial charge in [0.2, 0.25) is 5.91 Å². The fourth-order valence-corrected chi connectivity index (χ4v) is 4.77. The van der Waals surface area contributed by atoms with Crippen LogP contribution in [0, 0.1) is 11.3 Å². The van der Waals surface area contributed by atoms with E-state index in [-0.39, 0.29) is 17.9 Å². The summed E-state index contributed by atoms with van der Waals surface area (Å²) in [6, 6.07) is 8.22. The smallest absolute Gasteiger partial charge is 0.223 e. The number of anilines is 1. The van der Waals surface area contributed by atoms with Gasteiger partial charge in [0.15, 0.2) is 0 Å². The van der Waals surface area contributed by atoms with Gasteiger partial charge >= 0.3 is 0 Å². The molecule has 1 aliphatic carbocycles. The van der Waals surface area contributed by atoms with Crippen molar-refractivity contribution < 1.29 is 4.79 Å². The van der Waals surface area contributed by atoms with Crippen LogP contribution in [0.1, 0.15) is 32.1 Å². The summed E-state index contributed by atoms with van der Waals surface area (Å²) in [5.41, 5.74) is 1.39. The molecule has 2 aliphatic heterocycles. The van der Waals surface area contributed by atoms with Crippen molar-refractivity contribution in [3.05, 3.63) is 29.3 Å². The van der Waals surface area contributed by atoms with Crippen LogP contribution < -0.4 is 15.5 Å². The lowest BCUT2D eigenvalue weighted by molar-refractivity contribution is -0.124. The summed E-state index contributed by atoms with van der Waals surface area (Å²) in [6.07, 6.45) is 5.55. The second-order valence-electron chi connectivity index (χ2n) is 7.61. The first-order chi connectivity index (χ1) is 11.7. The van der Waals surface area contributed by atoms with Gasteiger partial charge in [-0.25, -0.2) is 0 Å². The van der Waals surface area contributed by atoms with Crippen molar-refractivity contribution in [2.45, 2.75) is 38.1 Å². The summed E-state index contributed by atoms with van der Waals surface area (Å²) in [7, 11) is 0. The SMILES string of the molecule is O=C(NC1CCCN(c2ccccc2Cl)C1)C1CC12CCNCC2. The molecule has 1 aromatic carbocycles. The number of para-hydroxylation sites is 1. The summed E-state index contributed by atoms with van der Waals surface area (Å²) in [5, 5.41) is 7.52. The minimum atomic E-state index is 0.238. The van der Waals surface area contributed by atoms with Gasteiger partial charge in [0.05, 0.1) is 10.7 Å². The van der Waals surface area contributed by atoms with Crippen molar-refractivity contribution in [1.29, 1.82) is 0 Å². The molecule has 2 N–H and O–H groups in total. The first-order valence-electron chi connectivity index (χ1n) is 9.19. The van der Waals surface area contributed by atoms with E-state index in [1.54, 1.807) is 0 Å². The van der Waals surface area contributed by atoms with Crippen LogP contribution in [0.4, 0.5) is 5.69 Å². The molecule has 4 nitrogen and oxygen atoms in total. The van der Waals surface area contributed by atoms with Crippen LogP contribution in [-0.2, 0) is 4.79 Å². The van der Waals surface area contributed by atoms with E-state index in [0.29, 0.717) is 5.41 Å². The predicted octanol–water partition coefficient (Wildman–Crippen LogP) is 2.81. The Bertz CT molecular complexity index is 614. The minimum absolute atomic E-state index is 0.238. The Morgan fingerprint density at radius 2 is 2.08 bits per heavy atom. The second kappa shape index (κ2) is 6.57. The number of hydrogen-bond acceptors (Lipinski definition) is 3. The molecule has 2 heterocycles. The standard InChI is InChI=1S/C19H26ClN3O/c20-16-5-1-2-6-17(16)23-11-3-4-14(13-23)22-18(24)15-12-19(15)7-9-21-10-8-19/h1-2,5-6,14-15,21H,3-4,7-13H2,(H,22,24). The highest BCUT2D eigenvalue weighted by Gasteiger charge is 2.57. The van der Waals surface area contributed by atoms with Gasteiger partial charge in [0, 0.05) is 25.0 Å². The third-order valence-corrected chi connectivity index (χ3v) is 6.39. The quantitative estimate of drug-likeness (QED) is 0.883. The van der Waals surface area contributed by atoms with Crippen LogP contribution in [0.2, 0.25) is 5.02 Å². The molecule has 2 saturated heterocycles. The molecule has 4 rings (SSSR count). The number of rotatable bonds is 3. The average Bonchev–Trinajstić information content (AvgIpc) is 3.29. The Kier molecular flexibility index (Phi) is 4.44. The first kappa shape index (κ1) is 16.2. The van der Waals surface area contributed by atoms with Gasteiger partial charge in [0.25, 0.3) is 0 Å². The molecule has 5 heteroatoms. The number of benzene rings is 1. The molecule has 2 atom stereocenters. The Labute approximate surface area is 148 Å². The molecule has 24 heavy (non-hydrogen) atoms. The van der Waals surface area contributed by atoms with E-state index in [0.717, 1.165) is 69.0 Å². The largest absolute Gasteiger partial charge is 0.368 e. The average molecular weight is 348 g/mol. The van der Waals surface area contributed by atoms with Gasteiger partial charge in [-0.3, -0.25) is 4.79 Å². The van der Waals surface area contributed by atoms with Crippen molar-refractivity contribution in [1.82, 2.24) is 10.6 Å². The molecule has 130 valence electrons. The predicted molar refractivity (Wildman–Crippen MR) is 97.5 cm³/mol. The number of piperidine rings is 2. The van der Waals surface area contributed by atoms with E-state index in [1.165, 1.54) is 0 Å². The number of amides is 1. The maximum atomic E-state index is 12.7. The van der Waals surface area contributed by atoms with Gasteiger partial charge in [0.1, 0.15) is 0 Å². The second-order valence-corrected chi connectivity index (χ2v) is 8.02. The fraction of sp³-hybridized carbons (Fsp3) is 0.632. The highest BCUT2D eigenvalue weighted by Crippen LogP contribution is 2.58. The molecule has 1 spiro atoms. The van der Waals surface area contributed by atoms with E-state index in [1.807, 2.05) is 18.2 Å². The van der Waals surface area contributed by atoms with Crippen LogP contribution in [-0.4, -0.2) is 38.1 Å². The Balaban J connectivity index is 1.35. The maximum Gasteiger partial charge on any atom is 0.223 e. The van der Waals surface area contributed by atoms with E-state index < -0.39 is 0 Å². The highest BCUT2D eigenvalue weighted by molar-refractivity contribution is 6.33. The van der Waals surface area contributed by atoms with Crippen molar-refractivity contribution >= 4 is 23.2 Å². The molecule has 1 saturated carbocycles. The van der Waals surface area contributed by atoms with E-state index in [4.69, 9.17) is 11.6 Å². The number of carbonyl (C=O) groups excluding carboxylic acids is 1. The lowest BCUT2D eigenvalue weighted by atomic mass is 9.91. The molecule has 3 fully saturated rings. The zero-order valence-corrected chi connectivity index (χ0v) is 14.8. The molecule has 2 unspecified atom stereocenters. The number of halogens is 1. The summed E-state index contributed by atoms with van der Waals surface area (Å²) >= 11 is 6.33. The number of nitrogens with zero attached hydrogens (tertiary/aromatic N) is 1. The summed E-state index contributed by atoms with van der Waals surface area (Å²) < 4.78 is 0. The van der Waals surface area contributed by atoms with Crippen LogP contribution >= 0.6 is 11.6 Å². The Morgan fingerprint density at radius 1 is 1.29 bits per heavy atom. The minimum Gasteiger partial charge on any atom is -0.368 e. The molecule has 0 radical (unpaired) electrons. The lowest BCUT2D eigenvalue weighted by Gasteiger charge is -2.35. The van der Waals surface area contributed by atoms with Crippen LogP contribution in [0.25, 0.3) is 0 Å². The normalized spacial score (nSPS) is 28.6. The van der Waals surface area contributed by atoms with Crippen molar-refractivity contribution in [3.8, 4) is 0 Å². The van der Waals surface area contributed by atoms with Crippen molar-refractivity contribution in [3.63, 3.8) is 0 Å². The Hall–Kier alpha value is -1.26. The van der Waals surface area contributed by atoms with Gasteiger partial charge in [-0.15, -0.1) is 0 Å². The summed E-state index contributed by atoms with van der Waals surface area (Å²) in [6.45, 7) is 3.99. The topological polar surface area (TPSA) is 44.4 Å². The van der Waals surface area contributed by atoms with Crippen molar-refractivity contribution in [2.75, 3.05) is 31.1 Å². The van der Waals surface area contributed by atoms with E-state index in [2.05, 4.69) is 21.6 Å². The molecule has 0 bridgehead atoms. The van der Waals surface area contributed by atoms with Crippen LogP contribution in [0.3, 0.4) is 0 Å². The van der Waals surface area contributed by atoms with Gasteiger partial charge in [-0.1, -0.05) is 23.7 Å². The monoisotopic (exact) mass is 347 g/mol. The number of hydrogen-bond donors (Lipinski definition) is 2. The van der Waals surface area contributed by atoms with Crippen molar-refractivity contribution in [2.24, 2.45) is 11.3 Å². The highest BCUT2D eigenvalue weighted by atomic mass is 35.5. The third-order valence-electron chi connectivity index (χ3n) is 6.07. The fourth-order valence-electron chi connectivity index (χ4n) is 4.52. The van der Waals surface area contributed by atoms with E-state index in [9.17, 15) is 4.79 Å². The third kappa shape index (κ3) is 3.14. The lowest BCUT2D eigenvalue weighted by Crippen LogP contribution is -2.48. The molecular formula is C19H26ClN3O. The number of nitrogens with one attached hydrogen (secondary N) is 2. The molecule has 1 aromatic rings. The van der Waals surface area contributed by atoms with Gasteiger partial charge in [-0.2, -0.15) is 0 Å². The van der Waals surface area contributed by atoms with Gasteiger partial charge in [-0.05, 0) is 62.7 Å². The van der Waals surface area contributed by atoms with E-state index >= 15 is 0 Å². The number of carbonyl (C=O) groups is 1. The summed E-state index contributed by atoms with van der Waals surface area (Å²) in [5.74, 6) is 0.526. The maximum absolute atomic E-state index is 12.7. The molecule has 1 amide bonds. The summed E-state index contributed by atoms with van der Waals surface area (Å²) in [4.78, 5) is 15.0. The van der Waals surface area contributed by atoms with Gasteiger partial charge < -0.3 is 15.5 Å². The molecule has 3 aliphatic rings. The van der Waals surface area contributed by atoms with Crippen LogP contribution in [0.15, 0.2) is 24.3 Å². The van der Waals surface area contributed by atoms with Crippen LogP contribution in [0.5, 0.6) is 0 Å². The zero-order valence-electron chi connectivity index (χ0n) is 14.1. The molecule has 0 aromatic heterocycles. The Morgan fingerprint density at radius 3 is 2.88 bits per heavy atom.